The molecule has 0 aliphatic heterocycles. The summed E-state index contributed by atoms with van der Waals surface area (Å²) in [5, 5.41) is 7.39. The number of unbranched alkanes of at least 4 members (excludes halogenated alkanes) is 1. The van der Waals surface area contributed by atoms with Crippen molar-refractivity contribution in [3.05, 3.63) is 12.4 Å². The standard InChI is InChI=1S/C6H12N4/c1-2-3-4-8-10-6-5-7-9-10/h5-6,8H,2-4H2,1H3. The number of nitrogens with zero attached hydrogens (tertiary/aromatic N) is 3. The van der Waals surface area contributed by atoms with Crippen LogP contribution in [0.5, 0.6) is 0 Å². The third-order valence-corrected chi connectivity index (χ3v) is 1.23. The summed E-state index contributed by atoms with van der Waals surface area (Å²) in [6.07, 6.45) is 5.80. The summed E-state index contributed by atoms with van der Waals surface area (Å²) in [6, 6.07) is 0. The van der Waals surface area contributed by atoms with Crippen molar-refractivity contribution >= 4 is 0 Å². The third-order valence-electron chi connectivity index (χ3n) is 1.23. The predicted octanol–water partition coefficient (Wildman–Crippen LogP) is 0.622. The minimum atomic E-state index is 0.958. The summed E-state index contributed by atoms with van der Waals surface area (Å²) in [6.45, 7) is 3.11. The van der Waals surface area contributed by atoms with E-state index in [1.165, 1.54) is 12.8 Å². The molecule has 0 unspecified atom stereocenters. The van der Waals surface area contributed by atoms with Crippen LogP contribution in [0.25, 0.3) is 0 Å². The van der Waals surface area contributed by atoms with Gasteiger partial charge >= 0.3 is 0 Å². The lowest BCUT2D eigenvalue weighted by Crippen LogP contribution is -2.16. The first-order valence-electron chi connectivity index (χ1n) is 3.53. The van der Waals surface area contributed by atoms with Crippen molar-refractivity contribution in [2.75, 3.05) is 12.0 Å². The Labute approximate surface area is 60.2 Å². The first-order valence-corrected chi connectivity index (χ1v) is 3.53. The van der Waals surface area contributed by atoms with Crippen molar-refractivity contribution in [2.24, 2.45) is 0 Å². The van der Waals surface area contributed by atoms with Gasteiger partial charge < -0.3 is 5.43 Å². The van der Waals surface area contributed by atoms with Gasteiger partial charge in [0.2, 0.25) is 0 Å². The maximum atomic E-state index is 3.74. The normalized spacial score (nSPS) is 9.70. The van der Waals surface area contributed by atoms with Gasteiger partial charge in [-0.25, -0.2) is 0 Å². The fourth-order valence-corrected chi connectivity index (χ4v) is 0.663. The highest BCUT2D eigenvalue weighted by atomic mass is 15.6. The van der Waals surface area contributed by atoms with Crippen molar-refractivity contribution in [1.29, 1.82) is 0 Å². The molecule has 0 atom stereocenters. The fraction of sp³-hybridized carbons (Fsp3) is 0.667. The molecular weight excluding hydrogens is 128 g/mol. The Bertz CT molecular complexity index is 158. The molecule has 0 spiro atoms. The summed E-state index contributed by atoms with van der Waals surface area (Å²) in [4.78, 5) is 1.62. The molecule has 1 heterocycles. The average Bonchev–Trinajstić information content (AvgIpc) is 2.41. The average molecular weight is 140 g/mol. The summed E-state index contributed by atoms with van der Waals surface area (Å²) in [5.74, 6) is 0. The van der Waals surface area contributed by atoms with Gasteiger partial charge in [0.05, 0.1) is 12.4 Å². The molecule has 10 heavy (non-hydrogen) atoms. The number of nitrogens with one attached hydrogen (secondary N) is 1. The molecule has 1 aromatic heterocycles. The number of aromatic nitrogens is 3. The lowest BCUT2D eigenvalue weighted by Gasteiger charge is -2.01. The minimum Gasteiger partial charge on any atom is -0.309 e. The molecular formula is C6H12N4. The highest BCUT2D eigenvalue weighted by Crippen LogP contribution is 1.83. The van der Waals surface area contributed by atoms with Crippen LogP contribution in [0.4, 0.5) is 0 Å². The number of hydrogen-bond acceptors (Lipinski definition) is 3. The van der Waals surface area contributed by atoms with Crippen LogP contribution in [-0.4, -0.2) is 21.6 Å². The monoisotopic (exact) mass is 140 g/mol. The Morgan fingerprint density at radius 3 is 3.10 bits per heavy atom. The van der Waals surface area contributed by atoms with Crippen molar-refractivity contribution in [1.82, 2.24) is 15.1 Å². The number of rotatable bonds is 4. The largest absolute Gasteiger partial charge is 0.309 e. The van der Waals surface area contributed by atoms with Crippen molar-refractivity contribution < 1.29 is 0 Å². The van der Waals surface area contributed by atoms with Crippen LogP contribution >= 0.6 is 0 Å². The summed E-state index contributed by atoms with van der Waals surface area (Å²) in [5.41, 5.74) is 3.07. The van der Waals surface area contributed by atoms with E-state index in [1.807, 2.05) is 0 Å². The Hall–Kier alpha value is -1.06. The van der Waals surface area contributed by atoms with Crippen LogP contribution in [0.15, 0.2) is 12.4 Å². The zero-order valence-corrected chi connectivity index (χ0v) is 6.12. The predicted molar refractivity (Wildman–Crippen MR) is 39.2 cm³/mol. The maximum absolute atomic E-state index is 3.74. The fourth-order valence-electron chi connectivity index (χ4n) is 0.663. The van der Waals surface area contributed by atoms with Gasteiger partial charge in [-0.3, -0.25) is 0 Å². The van der Waals surface area contributed by atoms with Crippen LogP contribution in [0, 0.1) is 0 Å². The topological polar surface area (TPSA) is 42.7 Å². The molecule has 1 N–H and O–H groups in total. The molecule has 56 valence electrons. The summed E-state index contributed by atoms with van der Waals surface area (Å²) in [7, 11) is 0. The molecule has 0 bridgehead atoms. The smallest absolute Gasteiger partial charge is 0.0715 e. The summed E-state index contributed by atoms with van der Waals surface area (Å²) < 4.78 is 0. The van der Waals surface area contributed by atoms with E-state index in [0.717, 1.165) is 6.54 Å². The molecule has 1 rings (SSSR count). The van der Waals surface area contributed by atoms with Gasteiger partial charge in [-0.2, -0.15) is 4.79 Å². The highest BCUT2D eigenvalue weighted by Gasteiger charge is 1.85. The molecule has 0 saturated carbocycles. The van der Waals surface area contributed by atoms with Gasteiger partial charge in [-0.15, -0.1) is 5.10 Å². The maximum Gasteiger partial charge on any atom is 0.0715 e. The molecule has 0 aliphatic carbocycles. The van der Waals surface area contributed by atoms with Crippen LogP contribution in [0.3, 0.4) is 0 Å². The first kappa shape index (κ1) is 7.05. The van der Waals surface area contributed by atoms with Crippen molar-refractivity contribution in [3.8, 4) is 0 Å². The molecule has 0 aliphatic rings. The SMILES string of the molecule is CCCCNn1ccnn1. The molecule has 1 aromatic rings. The Balaban J connectivity index is 2.15. The zero-order chi connectivity index (χ0) is 7.23. The molecule has 0 saturated heterocycles. The quantitative estimate of drug-likeness (QED) is 0.623. The van der Waals surface area contributed by atoms with Crippen LogP contribution in [0.1, 0.15) is 19.8 Å². The van der Waals surface area contributed by atoms with Gasteiger partial charge in [-0.05, 0) is 11.6 Å². The second-order valence-electron chi connectivity index (χ2n) is 2.11. The van der Waals surface area contributed by atoms with E-state index in [9.17, 15) is 0 Å². The van der Waals surface area contributed by atoms with E-state index in [-0.39, 0.29) is 0 Å². The Morgan fingerprint density at radius 2 is 2.50 bits per heavy atom. The van der Waals surface area contributed by atoms with Crippen LogP contribution < -0.4 is 5.43 Å². The van der Waals surface area contributed by atoms with E-state index >= 15 is 0 Å². The van der Waals surface area contributed by atoms with Gasteiger partial charge in [-0.1, -0.05) is 13.3 Å². The molecule has 0 fully saturated rings. The van der Waals surface area contributed by atoms with Crippen molar-refractivity contribution in [2.45, 2.75) is 19.8 Å². The van der Waals surface area contributed by atoms with E-state index in [0.29, 0.717) is 0 Å². The van der Waals surface area contributed by atoms with Crippen LogP contribution in [0.2, 0.25) is 0 Å². The van der Waals surface area contributed by atoms with E-state index < -0.39 is 0 Å². The van der Waals surface area contributed by atoms with Gasteiger partial charge in [0.25, 0.3) is 0 Å². The molecule has 4 heteroatoms. The second kappa shape index (κ2) is 3.87. The van der Waals surface area contributed by atoms with Crippen molar-refractivity contribution in [3.63, 3.8) is 0 Å². The Morgan fingerprint density at radius 1 is 1.60 bits per heavy atom. The lowest BCUT2D eigenvalue weighted by atomic mass is 10.3. The third kappa shape index (κ3) is 2.05. The lowest BCUT2D eigenvalue weighted by molar-refractivity contribution is 0.666. The minimum absolute atomic E-state index is 0.958. The first-order chi connectivity index (χ1) is 4.93. The van der Waals surface area contributed by atoms with E-state index in [4.69, 9.17) is 0 Å². The highest BCUT2D eigenvalue weighted by molar-refractivity contribution is 4.70. The van der Waals surface area contributed by atoms with E-state index in [2.05, 4.69) is 22.7 Å². The molecule has 0 radical (unpaired) electrons. The van der Waals surface area contributed by atoms with Gasteiger partial charge in [0, 0.05) is 6.54 Å². The molecule has 4 nitrogen and oxygen atoms in total. The number of hydrogen-bond donors (Lipinski definition) is 1. The van der Waals surface area contributed by atoms with Gasteiger partial charge in [0.15, 0.2) is 0 Å². The van der Waals surface area contributed by atoms with Crippen LogP contribution in [-0.2, 0) is 0 Å². The van der Waals surface area contributed by atoms with E-state index in [1.54, 1.807) is 17.2 Å². The molecule has 0 amide bonds. The van der Waals surface area contributed by atoms with Gasteiger partial charge in [0.1, 0.15) is 0 Å². The molecule has 0 aromatic carbocycles. The second-order valence-corrected chi connectivity index (χ2v) is 2.11. The zero-order valence-electron chi connectivity index (χ0n) is 6.12. The summed E-state index contributed by atoms with van der Waals surface area (Å²) >= 11 is 0. The Kier molecular flexibility index (Phi) is 2.73.